The van der Waals surface area contributed by atoms with Gasteiger partial charge in [-0.15, -0.1) is 0 Å². The van der Waals surface area contributed by atoms with Crippen LogP contribution in [0.15, 0.2) is 36.5 Å². The standard InChI is InChI=1S/C18H21N5O2/c1-13(2)12-23(17-8-9-20-16(11-19)21-17)22-18(24)10-14-6-4-5-7-15(14)25-3/h4-9,13H,10,12H2,1-3H3,(H,22,24). The topological polar surface area (TPSA) is 91.1 Å². The van der Waals surface area contributed by atoms with Crippen molar-refractivity contribution in [3.63, 3.8) is 0 Å². The van der Waals surface area contributed by atoms with Crippen molar-refractivity contribution in [1.82, 2.24) is 15.4 Å². The van der Waals surface area contributed by atoms with Gasteiger partial charge in [-0.2, -0.15) is 10.2 Å². The number of hydrogen-bond acceptors (Lipinski definition) is 6. The van der Waals surface area contributed by atoms with Gasteiger partial charge in [-0.3, -0.25) is 15.2 Å². The summed E-state index contributed by atoms with van der Waals surface area (Å²) in [5.74, 6) is 1.30. The van der Waals surface area contributed by atoms with E-state index in [0.717, 1.165) is 5.56 Å². The summed E-state index contributed by atoms with van der Waals surface area (Å²) in [6, 6.07) is 11.0. The summed E-state index contributed by atoms with van der Waals surface area (Å²) in [6.07, 6.45) is 1.68. The number of hydrogen-bond donors (Lipinski definition) is 1. The van der Waals surface area contributed by atoms with Crippen LogP contribution in [0.4, 0.5) is 5.82 Å². The first-order chi connectivity index (χ1) is 12.0. The van der Waals surface area contributed by atoms with Crippen molar-refractivity contribution in [1.29, 1.82) is 5.26 Å². The van der Waals surface area contributed by atoms with Crippen LogP contribution in [-0.4, -0.2) is 29.5 Å². The summed E-state index contributed by atoms with van der Waals surface area (Å²) in [6.45, 7) is 4.62. The second-order valence-corrected chi connectivity index (χ2v) is 5.88. The Hall–Kier alpha value is -3.14. The zero-order valence-corrected chi connectivity index (χ0v) is 14.6. The molecule has 0 unspecified atom stereocenters. The minimum absolute atomic E-state index is 0.0604. The van der Waals surface area contributed by atoms with Crippen LogP contribution < -0.4 is 15.2 Å². The Kier molecular flexibility index (Phi) is 6.29. The molecule has 0 radical (unpaired) electrons. The van der Waals surface area contributed by atoms with Crippen LogP contribution in [0.1, 0.15) is 25.2 Å². The molecule has 0 aliphatic carbocycles. The van der Waals surface area contributed by atoms with Gasteiger partial charge in [0.2, 0.25) is 11.7 Å². The number of benzene rings is 1. The van der Waals surface area contributed by atoms with Gasteiger partial charge in [-0.05, 0) is 12.0 Å². The Morgan fingerprint density at radius 2 is 2.12 bits per heavy atom. The van der Waals surface area contributed by atoms with E-state index in [-0.39, 0.29) is 24.1 Å². The minimum Gasteiger partial charge on any atom is -0.496 e. The van der Waals surface area contributed by atoms with Crippen LogP contribution >= 0.6 is 0 Å². The summed E-state index contributed by atoms with van der Waals surface area (Å²) in [5.41, 5.74) is 3.65. The smallest absolute Gasteiger partial charge is 0.243 e. The van der Waals surface area contributed by atoms with Crippen molar-refractivity contribution in [2.45, 2.75) is 20.3 Å². The zero-order chi connectivity index (χ0) is 18.2. The van der Waals surface area contributed by atoms with E-state index in [0.29, 0.717) is 18.1 Å². The molecule has 0 aliphatic heterocycles. The average Bonchev–Trinajstić information content (AvgIpc) is 2.61. The predicted molar refractivity (Wildman–Crippen MR) is 93.8 cm³/mol. The number of aromatic nitrogens is 2. The lowest BCUT2D eigenvalue weighted by atomic mass is 10.1. The molecular weight excluding hydrogens is 318 g/mol. The molecule has 1 N–H and O–H groups in total. The maximum absolute atomic E-state index is 12.5. The van der Waals surface area contributed by atoms with E-state index in [4.69, 9.17) is 10.00 Å². The van der Waals surface area contributed by atoms with Crippen molar-refractivity contribution >= 4 is 11.7 Å². The number of para-hydroxylation sites is 1. The number of nitrogens with zero attached hydrogens (tertiary/aromatic N) is 4. The summed E-state index contributed by atoms with van der Waals surface area (Å²) < 4.78 is 5.28. The third-order valence-electron chi connectivity index (χ3n) is 3.37. The number of nitrogens with one attached hydrogen (secondary N) is 1. The van der Waals surface area contributed by atoms with E-state index >= 15 is 0 Å². The molecule has 25 heavy (non-hydrogen) atoms. The number of rotatable bonds is 7. The molecule has 0 aliphatic rings. The molecule has 2 rings (SSSR count). The third kappa shape index (κ3) is 5.18. The van der Waals surface area contributed by atoms with Crippen molar-refractivity contribution < 1.29 is 9.53 Å². The summed E-state index contributed by atoms with van der Waals surface area (Å²) in [5, 5.41) is 10.6. The maximum atomic E-state index is 12.5. The lowest BCUT2D eigenvalue weighted by molar-refractivity contribution is -0.120. The normalized spacial score (nSPS) is 10.2. The van der Waals surface area contributed by atoms with Gasteiger partial charge in [0.05, 0.1) is 13.5 Å². The van der Waals surface area contributed by atoms with Gasteiger partial charge < -0.3 is 4.74 Å². The van der Waals surface area contributed by atoms with Gasteiger partial charge in [-0.25, -0.2) is 4.98 Å². The number of amides is 1. The number of nitriles is 1. The van der Waals surface area contributed by atoms with Gasteiger partial charge in [0.1, 0.15) is 11.8 Å². The van der Waals surface area contributed by atoms with Gasteiger partial charge in [-0.1, -0.05) is 32.0 Å². The molecule has 0 bridgehead atoms. The SMILES string of the molecule is COc1ccccc1CC(=O)NN(CC(C)C)c1ccnc(C#N)n1. The largest absolute Gasteiger partial charge is 0.496 e. The van der Waals surface area contributed by atoms with E-state index in [1.165, 1.54) is 6.20 Å². The fraction of sp³-hybridized carbons (Fsp3) is 0.333. The van der Waals surface area contributed by atoms with Crippen LogP contribution in [-0.2, 0) is 11.2 Å². The Morgan fingerprint density at radius 1 is 1.36 bits per heavy atom. The van der Waals surface area contributed by atoms with Gasteiger partial charge in [0, 0.05) is 24.4 Å². The molecular formula is C18H21N5O2. The van der Waals surface area contributed by atoms with Crippen molar-refractivity contribution in [2.24, 2.45) is 5.92 Å². The third-order valence-corrected chi connectivity index (χ3v) is 3.37. The summed E-state index contributed by atoms with van der Waals surface area (Å²) in [7, 11) is 1.58. The number of ether oxygens (including phenoxy) is 1. The van der Waals surface area contributed by atoms with Gasteiger partial charge >= 0.3 is 0 Å². The van der Waals surface area contributed by atoms with Crippen LogP contribution in [0.3, 0.4) is 0 Å². The molecule has 2 aromatic rings. The van der Waals surface area contributed by atoms with Gasteiger partial charge in [0.25, 0.3) is 0 Å². The highest BCUT2D eigenvalue weighted by atomic mass is 16.5. The first-order valence-electron chi connectivity index (χ1n) is 7.95. The highest BCUT2D eigenvalue weighted by Crippen LogP contribution is 2.18. The lowest BCUT2D eigenvalue weighted by Crippen LogP contribution is -2.45. The molecule has 1 aromatic heterocycles. The molecule has 1 amide bonds. The van der Waals surface area contributed by atoms with E-state index in [1.54, 1.807) is 18.2 Å². The minimum atomic E-state index is -0.192. The second-order valence-electron chi connectivity index (χ2n) is 5.88. The molecule has 0 fully saturated rings. The first-order valence-corrected chi connectivity index (χ1v) is 7.95. The average molecular weight is 339 g/mol. The molecule has 0 spiro atoms. The quantitative estimate of drug-likeness (QED) is 0.777. The molecule has 130 valence electrons. The van der Waals surface area contributed by atoms with E-state index < -0.39 is 0 Å². The van der Waals surface area contributed by atoms with Crippen LogP contribution in [0.25, 0.3) is 0 Å². The zero-order valence-electron chi connectivity index (χ0n) is 14.6. The molecule has 1 aromatic carbocycles. The Labute approximate surface area is 147 Å². The van der Waals surface area contributed by atoms with Crippen LogP contribution in [0.5, 0.6) is 5.75 Å². The van der Waals surface area contributed by atoms with Crippen molar-refractivity contribution in [3.05, 3.63) is 47.9 Å². The second kappa shape index (κ2) is 8.64. The molecule has 7 nitrogen and oxygen atoms in total. The fourth-order valence-electron chi connectivity index (χ4n) is 2.33. The molecule has 0 atom stereocenters. The van der Waals surface area contributed by atoms with Crippen molar-refractivity contribution in [2.75, 3.05) is 18.7 Å². The summed E-state index contributed by atoms with van der Waals surface area (Å²) >= 11 is 0. The predicted octanol–water partition coefficient (Wildman–Crippen LogP) is 2.09. The number of methoxy groups -OCH3 is 1. The van der Waals surface area contributed by atoms with Crippen LogP contribution in [0.2, 0.25) is 0 Å². The van der Waals surface area contributed by atoms with Crippen molar-refractivity contribution in [3.8, 4) is 11.8 Å². The lowest BCUT2D eigenvalue weighted by Gasteiger charge is -2.26. The molecule has 0 saturated carbocycles. The van der Waals surface area contributed by atoms with Crippen LogP contribution in [0, 0.1) is 17.2 Å². The highest BCUT2D eigenvalue weighted by Gasteiger charge is 2.16. The first kappa shape index (κ1) is 18.2. The maximum Gasteiger partial charge on any atom is 0.243 e. The number of anilines is 1. The summed E-state index contributed by atoms with van der Waals surface area (Å²) in [4.78, 5) is 20.5. The van der Waals surface area contributed by atoms with Gasteiger partial charge in [0.15, 0.2) is 5.82 Å². The van der Waals surface area contributed by atoms with E-state index in [1.807, 2.05) is 44.2 Å². The molecule has 0 saturated heterocycles. The van der Waals surface area contributed by atoms with E-state index in [2.05, 4.69) is 15.4 Å². The molecule has 1 heterocycles. The Bertz CT molecular complexity index is 770. The molecule has 7 heteroatoms. The monoisotopic (exact) mass is 339 g/mol. The number of carbonyl (C=O) groups is 1. The number of carbonyl (C=O) groups excluding carboxylic acids is 1. The van der Waals surface area contributed by atoms with E-state index in [9.17, 15) is 4.79 Å². The Balaban J connectivity index is 2.16. The Morgan fingerprint density at radius 3 is 2.80 bits per heavy atom. The fourth-order valence-corrected chi connectivity index (χ4v) is 2.33. The number of hydrazine groups is 1. The highest BCUT2D eigenvalue weighted by molar-refractivity contribution is 5.80.